The lowest BCUT2D eigenvalue weighted by atomic mass is 10.1. The molecule has 0 spiro atoms. The second-order valence-corrected chi connectivity index (χ2v) is 6.10. The van der Waals surface area contributed by atoms with Gasteiger partial charge in [0.1, 0.15) is 12.4 Å². The van der Waals surface area contributed by atoms with Crippen LogP contribution in [0, 0.1) is 0 Å². The van der Waals surface area contributed by atoms with Gasteiger partial charge in [0.15, 0.2) is 5.82 Å². The summed E-state index contributed by atoms with van der Waals surface area (Å²) in [4.78, 5) is 7.14. The second-order valence-electron chi connectivity index (χ2n) is 6.10. The highest BCUT2D eigenvalue weighted by Gasteiger charge is 2.24. The fraction of sp³-hybridized carbons (Fsp3) is 0.556. The minimum atomic E-state index is 0.225. The van der Waals surface area contributed by atoms with Crippen LogP contribution in [0.5, 0.6) is 0 Å². The van der Waals surface area contributed by atoms with Gasteiger partial charge in [0.25, 0.3) is 0 Å². The third kappa shape index (κ3) is 4.20. The maximum Gasteiger partial charge on any atom is 0.176 e. The molecule has 6 heteroatoms. The lowest BCUT2D eigenvalue weighted by Crippen LogP contribution is -2.39. The van der Waals surface area contributed by atoms with Crippen LogP contribution in [-0.2, 0) is 29.0 Å². The molecule has 1 saturated heterocycles. The Morgan fingerprint density at radius 3 is 2.67 bits per heavy atom. The monoisotopic (exact) mass is 330 g/mol. The Bertz CT molecular complexity index is 623. The quantitative estimate of drug-likeness (QED) is 0.778. The van der Waals surface area contributed by atoms with Crippen molar-refractivity contribution in [3.8, 4) is 0 Å². The number of ether oxygens (including phenoxy) is 2. The molecule has 1 fully saturated rings. The van der Waals surface area contributed by atoms with Crippen LogP contribution in [0.4, 0.5) is 0 Å². The number of methoxy groups -OCH3 is 1. The van der Waals surface area contributed by atoms with Gasteiger partial charge in [-0.05, 0) is 18.9 Å². The highest BCUT2D eigenvalue weighted by atomic mass is 16.5. The van der Waals surface area contributed by atoms with Gasteiger partial charge in [0.05, 0.1) is 19.3 Å². The Kier molecular flexibility index (Phi) is 5.96. The molecule has 6 nitrogen and oxygen atoms in total. The van der Waals surface area contributed by atoms with E-state index in [0.29, 0.717) is 6.61 Å². The third-order valence-corrected chi connectivity index (χ3v) is 4.44. The first-order chi connectivity index (χ1) is 11.8. The van der Waals surface area contributed by atoms with Crippen molar-refractivity contribution in [1.82, 2.24) is 19.7 Å². The van der Waals surface area contributed by atoms with Crippen LogP contribution in [0.15, 0.2) is 30.3 Å². The number of hydrogen-bond donors (Lipinski definition) is 0. The molecule has 0 N–H and O–H groups in total. The summed E-state index contributed by atoms with van der Waals surface area (Å²) < 4.78 is 12.7. The van der Waals surface area contributed by atoms with Gasteiger partial charge in [-0.3, -0.25) is 4.90 Å². The fourth-order valence-corrected chi connectivity index (χ4v) is 3.07. The normalized spacial score (nSPS) is 17.1. The van der Waals surface area contributed by atoms with Gasteiger partial charge in [0.2, 0.25) is 0 Å². The van der Waals surface area contributed by atoms with Crippen LogP contribution >= 0.6 is 0 Å². The molecule has 1 aliphatic rings. The van der Waals surface area contributed by atoms with E-state index >= 15 is 0 Å². The molecule has 2 aromatic rings. The maximum absolute atomic E-state index is 5.46. The molecule has 0 bridgehead atoms. The van der Waals surface area contributed by atoms with Crippen LogP contribution < -0.4 is 0 Å². The van der Waals surface area contributed by atoms with Crippen LogP contribution in [0.1, 0.15) is 30.2 Å². The Hall–Kier alpha value is -1.76. The van der Waals surface area contributed by atoms with Crippen molar-refractivity contribution in [2.24, 2.45) is 0 Å². The summed E-state index contributed by atoms with van der Waals surface area (Å²) in [5, 5.41) is 4.65. The molecule has 1 atom stereocenters. The number of hydrogen-bond acceptors (Lipinski definition) is 5. The summed E-state index contributed by atoms with van der Waals surface area (Å²) in [6, 6.07) is 10.7. The van der Waals surface area contributed by atoms with Gasteiger partial charge >= 0.3 is 0 Å². The molecule has 0 saturated carbocycles. The molecule has 1 aromatic carbocycles. The van der Waals surface area contributed by atoms with Crippen LogP contribution in [-0.4, -0.2) is 53.1 Å². The van der Waals surface area contributed by atoms with Crippen LogP contribution in [0.3, 0.4) is 0 Å². The molecule has 130 valence electrons. The van der Waals surface area contributed by atoms with Crippen molar-refractivity contribution < 1.29 is 9.47 Å². The zero-order chi connectivity index (χ0) is 16.8. The molecule has 0 aliphatic carbocycles. The van der Waals surface area contributed by atoms with E-state index in [0.717, 1.165) is 50.9 Å². The van der Waals surface area contributed by atoms with Gasteiger partial charge in [0, 0.05) is 26.7 Å². The lowest BCUT2D eigenvalue weighted by Gasteiger charge is -2.31. The Labute approximate surface area is 143 Å². The predicted octanol–water partition coefficient (Wildman–Crippen LogP) is 2.06. The van der Waals surface area contributed by atoms with E-state index in [1.165, 1.54) is 5.56 Å². The van der Waals surface area contributed by atoms with Crippen molar-refractivity contribution in [3.05, 3.63) is 47.5 Å². The van der Waals surface area contributed by atoms with E-state index in [4.69, 9.17) is 14.5 Å². The van der Waals surface area contributed by atoms with Crippen molar-refractivity contribution in [2.45, 2.75) is 32.5 Å². The summed E-state index contributed by atoms with van der Waals surface area (Å²) in [6.45, 7) is 6.91. The average molecular weight is 330 g/mol. The largest absolute Gasteiger partial charge is 0.379 e. The number of nitrogens with zero attached hydrogens (tertiary/aromatic N) is 4. The average Bonchev–Trinajstić information content (AvgIpc) is 3.04. The van der Waals surface area contributed by atoms with E-state index in [1.807, 2.05) is 10.7 Å². The first-order valence-electron chi connectivity index (χ1n) is 8.56. The second kappa shape index (κ2) is 8.37. The molecule has 1 aliphatic heterocycles. The molecule has 24 heavy (non-hydrogen) atoms. The number of benzene rings is 1. The molecular formula is C18H26N4O2. The van der Waals surface area contributed by atoms with E-state index in [-0.39, 0.29) is 6.04 Å². The Morgan fingerprint density at radius 1 is 1.21 bits per heavy atom. The Morgan fingerprint density at radius 2 is 1.96 bits per heavy atom. The number of aryl methyl sites for hydroxylation is 2. The third-order valence-electron chi connectivity index (χ3n) is 4.44. The standard InChI is InChI=1S/C18H26N4O2/c1-15(21-10-12-24-13-11-21)18-19-17(14-23-2)20-22(18)9-8-16-6-4-3-5-7-16/h3-7,15H,8-14H2,1-2H3/t15-/m0/s1. The molecule has 0 amide bonds. The smallest absolute Gasteiger partial charge is 0.176 e. The zero-order valence-electron chi connectivity index (χ0n) is 14.5. The number of aromatic nitrogens is 3. The summed E-state index contributed by atoms with van der Waals surface area (Å²) in [5.74, 6) is 1.76. The number of rotatable bonds is 7. The first kappa shape index (κ1) is 17.1. The zero-order valence-corrected chi connectivity index (χ0v) is 14.5. The van der Waals surface area contributed by atoms with Crippen molar-refractivity contribution >= 4 is 0 Å². The maximum atomic E-state index is 5.46. The minimum Gasteiger partial charge on any atom is -0.379 e. The van der Waals surface area contributed by atoms with Crippen molar-refractivity contribution in [3.63, 3.8) is 0 Å². The summed E-state index contributed by atoms with van der Waals surface area (Å²) >= 11 is 0. The van der Waals surface area contributed by atoms with Gasteiger partial charge in [-0.25, -0.2) is 9.67 Å². The van der Waals surface area contributed by atoms with Gasteiger partial charge in [-0.1, -0.05) is 30.3 Å². The van der Waals surface area contributed by atoms with Gasteiger partial charge in [-0.15, -0.1) is 0 Å². The molecular weight excluding hydrogens is 304 g/mol. The highest BCUT2D eigenvalue weighted by Crippen LogP contribution is 2.20. The first-order valence-corrected chi connectivity index (χ1v) is 8.56. The highest BCUT2D eigenvalue weighted by molar-refractivity contribution is 5.14. The van der Waals surface area contributed by atoms with Gasteiger partial charge < -0.3 is 9.47 Å². The van der Waals surface area contributed by atoms with Crippen LogP contribution in [0.25, 0.3) is 0 Å². The Balaban J connectivity index is 1.75. The molecule has 2 heterocycles. The summed E-state index contributed by atoms with van der Waals surface area (Å²) in [5.41, 5.74) is 1.31. The van der Waals surface area contributed by atoms with E-state index in [9.17, 15) is 0 Å². The van der Waals surface area contributed by atoms with Gasteiger partial charge in [-0.2, -0.15) is 5.10 Å². The van der Waals surface area contributed by atoms with Crippen LogP contribution in [0.2, 0.25) is 0 Å². The molecule has 0 radical (unpaired) electrons. The minimum absolute atomic E-state index is 0.225. The van der Waals surface area contributed by atoms with E-state index in [2.05, 4.69) is 41.2 Å². The van der Waals surface area contributed by atoms with Crippen molar-refractivity contribution in [2.75, 3.05) is 33.4 Å². The fourth-order valence-electron chi connectivity index (χ4n) is 3.07. The van der Waals surface area contributed by atoms with E-state index in [1.54, 1.807) is 7.11 Å². The predicted molar refractivity (Wildman–Crippen MR) is 91.7 cm³/mol. The summed E-state index contributed by atoms with van der Waals surface area (Å²) in [7, 11) is 1.68. The summed E-state index contributed by atoms with van der Waals surface area (Å²) in [6.07, 6.45) is 0.944. The van der Waals surface area contributed by atoms with E-state index < -0.39 is 0 Å². The molecule has 0 unspecified atom stereocenters. The van der Waals surface area contributed by atoms with Crippen molar-refractivity contribution in [1.29, 1.82) is 0 Å². The topological polar surface area (TPSA) is 52.4 Å². The molecule has 1 aromatic heterocycles. The SMILES string of the molecule is COCc1nc([C@H](C)N2CCOCC2)n(CCc2ccccc2)n1. The number of morpholine rings is 1. The lowest BCUT2D eigenvalue weighted by molar-refractivity contribution is 0.0173. The molecule has 3 rings (SSSR count).